The highest BCUT2D eigenvalue weighted by molar-refractivity contribution is 5.70. The zero-order valence-electron chi connectivity index (χ0n) is 9.53. The molecule has 2 rings (SSSR count). The molecule has 0 radical (unpaired) electrons. The zero-order valence-corrected chi connectivity index (χ0v) is 9.53. The van der Waals surface area contributed by atoms with E-state index in [-0.39, 0.29) is 18.4 Å². The molecular weight excluding hydrogens is 202 g/mol. The van der Waals surface area contributed by atoms with Gasteiger partial charge in [0, 0.05) is 6.04 Å². The number of hydrogen-bond acceptors (Lipinski definition) is 3. The van der Waals surface area contributed by atoms with Gasteiger partial charge in [-0.2, -0.15) is 0 Å². The Morgan fingerprint density at radius 1 is 1.44 bits per heavy atom. The van der Waals surface area contributed by atoms with Crippen molar-refractivity contribution in [3.8, 4) is 0 Å². The average Bonchev–Trinajstić information content (AvgIpc) is 2.75. The van der Waals surface area contributed by atoms with E-state index in [2.05, 4.69) is 16.9 Å². The van der Waals surface area contributed by atoms with Crippen LogP contribution in [0.1, 0.15) is 35.6 Å². The van der Waals surface area contributed by atoms with E-state index >= 15 is 0 Å². The highest BCUT2D eigenvalue weighted by Gasteiger charge is 2.15. The molecule has 3 heteroatoms. The first-order valence-electron chi connectivity index (χ1n) is 5.65. The lowest BCUT2D eigenvalue weighted by Gasteiger charge is -2.12. The third-order valence-electron chi connectivity index (χ3n) is 3.16. The van der Waals surface area contributed by atoms with Crippen molar-refractivity contribution >= 4 is 5.97 Å². The van der Waals surface area contributed by atoms with Crippen molar-refractivity contribution in [1.29, 1.82) is 0 Å². The van der Waals surface area contributed by atoms with Crippen LogP contribution in [0.25, 0.3) is 0 Å². The number of methoxy groups -OCH3 is 1. The number of carbonyl (C=O) groups excluding carboxylic acids is 1. The lowest BCUT2D eigenvalue weighted by atomic mass is 10.00. The Kier molecular flexibility index (Phi) is 3.25. The number of ether oxygens (including phenoxy) is 1. The first-order chi connectivity index (χ1) is 7.70. The van der Waals surface area contributed by atoms with Crippen LogP contribution in [0.4, 0.5) is 0 Å². The van der Waals surface area contributed by atoms with Crippen LogP contribution in [0, 0.1) is 0 Å². The van der Waals surface area contributed by atoms with Crippen LogP contribution in [0.2, 0.25) is 0 Å². The standard InChI is InChI=1S/C13H17NO2/c1-16-13(15)8-12(14)11-6-5-9-3-2-4-10(9)7-11/h5-7,12H,2-4,8,14H2,1H3. The minimum absolute atomic E-state index is 0.245. The largest absolute Gasteiger partial charge is 0.469 e. The number of benzene rings is 1. The van der Waals surface area contributed by atoms with E-state index in [0.717, 1.165) is 12.0 Å². The minimum atomic E-state index is -0.256. The van der Waals surface area contributed by atoms with Crippen LogP contribution < -0.4 is 5.73 Å². The predicted octanol–water partition coefficient (Wildman–Crippen LogP) is 1.74. The Bertz CT molecular complexity index is 401. The molecule has 1 atom stereocenters. The second kappa shape index (κ2) is 4.66. The molecule has 2 N–H and O–H groups in total. The summed E-state index contributed by atoms with van der Waals surface area (Å²) in [6.45, 7) is 0. The molecule has 3 nitrogen and oxygen atoms in total. The summed E-state index contributed by atoms with van der Waals surface area (Å²) in [6, 6.07) is 6.04. The quantitative estimate of drug-likeness (QED) is 0.788. The summed E-state index contributed by atoms with van der Waals surface area (Å²) in [6.07, 6.45) is 3.77. The van der Waals surface area contributed by atoms with Gasteiger partial charge in [-0.3, -0.25) is 4.79 Å². The van der Waals surface area contributed by atoms with Gasteiger partial charge in [-0.1, -0.05) is 18.2 Å². The monoisotopic (exact) mass is 219 g/mol. The van der Waals surface area contributed by atoms with E-state index < -0.39 is 0 Å². The fourth-order valence-corrected chi connectivity index (χ4v) is 2.20. The summed E-state index contributed by atoms with van der Waals surface area (Å²) in [7, 11) is 1.39. The Hall–Kier alpha value is -1.35. The summed E-state index contributed by atoms with van der Waals surface area (Å²) in [5.41, 5.74) is 9.81. The molecule has 0 amide bonds. The maximum atomic E-state index is 11.1. The van der Waals surface area contributed by atoms with Gasteiger partial charge in [-0.15, -0.1) is 0 Å². The molecule has 0 bridgehead atoms. The van der Waals surface area contributed by atoms with Crippen LogP contribution in [0.5, 0.6) is 0 Å². The molecule has 1 aliphatic rings. The van der Waals surface area contributed by atoms with E-state index in [1.807, 2.05) is 6.07 Å². The Morgan fingerprint density at radius 3 is 2.94 bits per heavy atom. The fourth-order valence-electron chi connectivity index (χ4n) is 2.20. The molecular formula is C13H17NO2. The number of fused-ring (bicyclic) bond motifs is 1. The summed E-state index contributed by atoms with van der Waals surface area (Å²) in [4.78, 5) is 11.1. The van der Waals surface area contributed by atoms with Gasteiger partial charge in [-0.25, -0.2) is 0 Å². The lowest BCUT2D eigenvalue weighted by molar-refractivity contribution is -0.141. The zero-order chi connectivity index (χ0) is 11.5. The van der Waals surface area contributed by atoms with Crippen molar-refractivity contribution in [1.82, 2.24) is 0 Å². The summed E-state index contributed by atoms with van der Waals surface area (Å²) in [5, 5.41) is 0. The third kappa shape index (κ3) is 2.25. The van der Waals surface area contributed by atoms with Crippen molar-refractivity contribution in [3.63, 3.8) is 0 Å². The van der Waals surface area contributed by atoms with Crippen LogP contribution in [-0.2, 0) is 22.4 Å². The average molecular weight is 219 g/mol. The molecule has 0 aromatic heterocycles. The predicted molar refractivity (Wildman–Crippen MR) is 62.0 cm³/mol. The van der Waals surface area contributed by atoms with Gasteiger partial charge in [0.1, 0.15) is 0 Å². The number of carbonyl (C=O) groups is 1. The topological polar surface area (TPSA) is 52.3 Å². The highest BCUT2D eigenvalue weighted by Crippen LogP contribution is 2.25. The van der Waals surface area contributed by atoms with E-state index in [1.54, 1.807) is 0 Å². The molecule has 0 aliphatic heterocycles. The SMILES string of the molecule is COC(=O)CC(N)c1ccc2c(c1)CCC2. The van der Waals surface area contributed by atoms with E-state index in [9.17, 15) is 4.79 Å². The van der Waals surface area contributed by atoms with Gasteiger partial charge in [0.15, 0.2) is 0 Å². The molecule has 86 valence electrons. The number of aryl methyl sites for hydroxylation is 2. The van der Waals surface area contributed by atoms with Gasteiger partial charge < -0.3 is 10.5 Å². The molecule has 1 aromatic carbocycles. The van der Waals surface area contributed by atoms with E-state index in [0.29, 0.717) is 0 Å². The normalized spacial score (nSPS) is 15.6. The highest BCUT2D eigenvalue weighted by atomic mass is 16.5. The Morgan fingerprint density at radius 2 is 2.19 bits per heavy atom. The van der Waals surface area contributed by atoms with Crippen molar-refractivity contribution in [2.75, 3.05) is 7.11 Å². The minimum Gasteiger partial charge on any atom is -0.469 e. The van der Waals surface area contributed by atoms with Crippen LogP contribution >= 0.6 is 0 Å². The Balaban J connectivity index is 2.12. The van der Waals surface area contributed by atoms with Crippen molar-refractivity contribution < 1.29 is 9.53 Å². The molecule has 0 saturated carbocycles. The molecule has 0 heterocycles. The number of nitrogens with two attached hydrogens (primary N) is 1. The first-order valence-corrected chi connectivity index (χ1v) is 5.65. The summed E-state index contributed by atoms with van der Waals surface area (Å²) in [5.74, 6) is -0.256. The number of rotatable bonds is 3. The van der Waals surface area contributed by atoms with Crippen molar-refractivity contribution in [2.24, 2.45) is 5.73 Å². The molecule has 1 aromatic rings. The van der Waals surface area contributed by atoms with Gasteiger partial charge >= 0.3 is 5.97 Å². The molecule has 16 heavy (non-hydrogen) atoms. The van der Waals surface area contributed by atoms with E-state index in [4.69, 9.17) is 5.73 Å². The Labute approximate surface area is 95.6 Å². The smallest absolute Gasteiger partial charge is 0.307 e. The molecule has 1 unspecified atom stereocenters. The van der Waals surface area contributed by atoms with Crippen LogP contribution in [0.15, 0.2) is 18.2 Å². The second-order valence-corrected chi connectivity index (χ2v) is 4.27. The van der Waals surface area contributed by atoms with E-state index in [1.165, 1.54) is 31.1 Å². The maximum absolute atomic E-state index is 11.1. The fraction of sp³-hybridized carbons (Fsp3) is 0.462. The molecule has 0 fully saturated rings. The lowest BCUT2D eigenvalue weighted by Crippen LogP contribution is -2.16. The molecule has 0 spiro atoms. The van der Waals surface area contributed by atoms with Gasteiger partial charge in [0.05, 0.1) is 13.5 Å². The molecule has 0 saturated heterocycles. The second-order valence-electron chi connectivity index (χ2n) is 4.27. The summed E-state index contributed by atoms with van der Waals surface area (Å²) < 4.78 is 4.62. The summed E-state index contributed by atoms with van der Waals surface area (Å²) >= 11 is 0. The maximum Gasteiger partial charge on any atom is 0.307 e. The van der Waals surface area contributed by atoms with Gasteiger partial charge in [0.2, 0.25) is 0 Å². The third-order valence-corrected chi connectivity index (χ3v) is 3.16. The first kappa shape index (κ1) is 11.1. The van der Waals surface area contributed by atoms with Gasteiger partial charge in [0.25, 0.3) is 0 Å². The van der Waals surface area contributed by atoms with Crippen molar-refractivity contribution in [2.45, 2.75) is 31.7 Å². The van der Waals surface area contributed by atoms with Gasteiger partial charge in [-0.05, 0) is 36.0 Å². The number of hydrogen-bond donors (Lipinski definition) is 1. The number of esters is 1. The van der Waals surface area contributed by atoms with Crippen molar-refractivity contribution in [3.05, 3.63) is 34.9 Å². The van der Waals surface area contributed by atoms with Crippen LogP contribution in [-0.4, -0.2) is 13.1 Å². The molecule has 1 aliphatic carbocycles. The van der Waals surface area contributed by atoms with Crippen LogP contribution in [0.3, 0.4) is 0 Å².